The number of carbonyl (C=O) groups is 1. The van der Waals surface area contributed by atoms with Gasteiger partial charge in [-0.2, -0.15) is 5.26 Å². The van der Waals surface area contributed by atoms with Crippen molar-refractivity contribution in [3.8, 4) is 17.6 Å². The second-order valence-electron chi connectivity index (χ2n) is 4.57. The number of nitrogens with one attached hydrogen (secondary N) is 1. The van der Waals surface area contributed by atoms with Gasteiger partial charge in [0.05, 0.1) is 10.7 Å². The molecule has 0 aliphatic carbocycles. The number of phenols is 1. The molecule has 5 nitrogen and oxygen atoms in total. The minimum Gasteiger partial charge on any atom is -0.507 e. The summed E-state index contributed by atoms with van der Waals surface area (Å²) in [5.41, 5.74) is 1.16. The number of nitrogens with zero attached hydrogens (tertiary/aromatic N) is 1. The molecule has 2 rings (SSSR count). The van der Waals surface area contributed by atoms with E-state index in [-0.39, 0.29) is 11.3 Å². The maximum atomic E-state index is 12.2. The number of methoxy groups -OCH3 is 1. The van der Waals surface area contributed by atoms with Crippen LogP contribution >= 0.6 is 22.6 Å². The second kappa shape index (κ2) is 7.65. The van der Waals surface area contributed by atoms with Crippen LogP contribution in [0.5, 0.6) is 11.5 Å². The van der Waals surface area contributed by atoms with Gasteiger partial charge in [-0.15, -0.1) is 0 Å². The van der Waals surface area contributed by atoms with E-state index in [1.54, 1.807) is 36.4 Å². The average Bonchev–Trinajstić information content (AvgIpc) is 2.55. The first-order valence-corrected chi connectivity index (χ1v) is 7.67. The van der Waals surface area contributed by atoms with Gasteiger partial charge in [0.1, 0.15) is 23.1 Å². The summed E-state index contributed by atoms with van der Waals surface area (Å²) in [4.78, 5) is 12.2. The van der Waals surface area contributed by atoms with Crippen LogP contribution in [-0.4, -0.2) is 18.1 Å². The molecule has 0 saturated heterocycles. The first-order chi connectivity index (χ1) is 11.0. The topological polar surface area (TPSA) is 82.3 Å². The number of hydrogen-bond donors (Lipinski definition) is 2. The fourth-order valence-electron chi connectivity index (χ4n) is 1.83. The maximum Gasteiger partial charge on any atom is 0.266 e. The number of carbonyl (C=O) groups excluding carboxylic acids is 1. The Kier molecular flexibility index (Phi) is 5.60. The fraction of sp³-hybridized carbons (Fsp3) is 0.0588. The Labute approximate surface area is 147 Å². The Morgan fingerprint density at radius 2 is 2.13 bits per heavy atom. The van der Waals surface area contributed by atoms with E-state index in [1.807, 2.05) is 28.7 Å². The third-order valence-electron chi connectivity index (χ3n) is 2.98. The predicted molar refractivity (Wildman–Crippen MR) is 96.0 cm³/mol. The van der Waals surface area contributed by atoms with Crippen molar-refractivity contribution >= 4 is 40.3 Å². The van der Waals surface area contributed by atoms with Gasteiger partial charge in [-0.1, -0.05) is 12.1 Å². The first kappa shape index (κ1) is 16.8. The molecule has 0 spiro atoms. The molecule has 116 valence electrons. The quantitative estimate of drug-likeness (QED) is 0.450. The normalized spacial score (nSPS) is 10.7. The number of anilines is 1. The van der Waals surface area contributed by atoms with Crippen LogP contribution < -0.4 is 10.1 Å². The van der Waals surface area contributed by atoms with Gasteiger partial charge in [-0.3, -0.25) is 4.79 Å². The smallest absolute Gasteiger partial charge is 0.266 e. The van der Waals surface area contributed by atoms with Crippen LogP contribution in [0.1, 0.15) is 5.56 Å². The van der Waals surface area contributed by atoms with E-state index in [9.17, 15) is 15.2 Å². The SMILES string of the molecule is COc1cccc(NC(=O)/C(C#N)=C/c2ccc(O)c(I)c2)c1. The van der Waals surface area contributed by atoms with Gasteiger partial charge >= 0.3 is 0 Å². The third kappa shape index (κ3) is 4.47. The molecule has 0 bridgehead atoms. The van der Waals surface area contributed by atoms with E-state index in [2.05, 4.69) is 5.32 Å². The van der Waals surface area contributed by atoms with E-state index >= 15 is 0 Å². The third-order valence-corrected chi connectivity index (χ3v) is 3.84. The Morgan fingerprint density at radius 1 is 1.35 bits per heavy atom. The lowest BCUT2D eigenvalue weighted by atomic mass is 10.1. The largest absolute Gasteiger partial charge is 0.507 e. The van der Waals surface area contributed by atoms with Crippen LogP contribution in [-0.2, 0) is 4.79 Å². The Hall–Kier alpha value is -2.53. The summed E-state index contributed by atoms with van der Waals surface area (Å²) in [6.45, 7) is 0. The van der Waals surface area contributed by atoms with Crippen LogP contribution in [0.3, 0.4) is 0 Å². The summed E-state index contributed by atoms with van der Waals surface area (Å²) < 4.78 is 5.73. The highest BCUT2D eigenvalue weighted by Gasteiger charge is 2.10. The van der Waals surface area contributed by atoms with E-state index in [4.69, 9.17) is 4.74 Å². The molecule has 2 aromatic rings. The molecule has 23 heavy (non-hydrogen) atoms. The molecule has 2 N–H and O–H groups in total. The summed E-state index contributed by atoms with van der Waals surface area (Å²) in [6.07, 6.45) is 1.47. The number of hydrogen-bond acceptors (Lipinski definition) is 4. The zero-order chi connectivity index (χ0) is 16.8. The fourth-order valence-corrected chi connectivity index (χ4v) is 2.37. The van der Waals surface area contributed by atoms with Crippen LogP contribution in [0.2, 0.25) is 0 Å². The molecule has 0 aliphatic rings. The Bertz CT molecular complexity index is 810. The van der Waals surface area contributed by atoms with Crippen molar-refractivity contribution in [2.24, 2.45) is 0 Å². The lowest BCUT2D eigenvalue weighted by molar-refractivity contribution is -0.112. The van der Waals surface area contributed by atoms with E-state index in [1.165, 1.54) is 19.3 Å². The molecule has 1 amide bonds. The van der Waals surface area contributed by atoms with Crippen molar-refractivity contribution in [3.05, 3.63) is 57.2 Å². The zero-order valence-corrected chi connectivity index (χ0v) is 14.4. The Morgan fingerprint density at radius 3 is 2.78 bits per heavy atom. The number of benzene rings is 2. The number of amides is 1. The van der Waals surface area contributed by atoms with Crippen LogP contribution in [0.15, 0.2) is 48.0 Å². The van der Waals surface area contributed by atoms with Gasteiger partial charge in [0.15, 0.2) is 0 Å². The molecule has 0 atom stereocenters. The van der Waals surface area contributed by atoms with Crippen LogP contribution in [0.4, 0.5) is 5.69 Å². The molecule has 0 aliphatic heterocycles. The van der Waals surface area contributed by atoms with Gasteiger partial charge in [-0.25, -0.2) is 0 Å². The molecule has 0 heterocycles. The molecule has 0 unspecified atom stereocenters. The number of halogens is 1. The number of aromatic hydroxyl groups is 1. The monoisotopic (exact) mass is 420 g/mol. The molecule has 0 saturated carbocycles. The predicted octanol–water partition coefficient (Wildman–Crippen LogP) is 3.55. The molecular formula is C17H13IN2O3. The summed E-state index contributed by atoms with van der Waals surface area (Å²) in [5.74, 6) is 0.254. The highest BCUT2D eigenvalue weighted by atomic mass is 127. The van der Waals surface area contributed by atoms with Crippen molar-refractivity contribution < 1.29 is 14.6 Å². The molecule has 0 fully saturated rings. The number of rotatable bonds is 4. The summed E-state index contributed by atoms with van der Waals surface area (Å²) >= 11 is 1.98. The van der Waals surface area contributed by atoms with Gasteiger partial charge in [0.2, 0.25) is 0 Å². The number of ether oxygens (including phenoxy) is 1. The minimum absolute atomic E-state index is 0.0330. The molecule has 0 aromatic heterocycles. The summed E-state index contributed by atoms with van der Waals surface area (Å²) in [6, 6.07) is 13.6. The molecule has 6 heteroatoms. The van der Waals surface area contributed by atoms with Crippen molar-refractivity contribution in [1.82, 2.24) is 0 Å². The van der Waals surface area contributed by atoms with Gasteiger partial charge < -0.3 is 15.2 Å². The van der Waals surface area contributed by atoms with Crippen molar-refractivity contribution in [2.75, 3.05) is 12.4 Å². The van der Waals surface area contributed by atoms with Crippen LogP contribution in [0.25, 0.3) is 6.08 Å². The van der Waals surface area contributed by atoms with Crippen molar-refractivity contribution in [1.29, 1.82) is 5.26 Å². The number of nitriles is 1. The second-order valence-corrected chi connectivity index (χ2v) is 5.73. The average molecular weight is 420 g/mol. The molecule has 0 radical (unpaired) electrons. The Balaban J connectivity index is 2.22. The lowest BCUT2D eigenvalue weighted by Gasteiger charge is -2.06. The van der Waals surface area contributed by atoms with Gasteiger partial charge in [-0.05, 0) is 58.5 Å². The van der Waals surface area contributed by atoms with E-state index in [0.717, 1.165) is 0 Å². The van der Waals surface area contributed by atoms with Gasteiger partial charge in [0, 0.05) is 11.8 Å². The van der Waals surface area contributed by atoms with Gasteiger partial charge in [0.25, 0.3) is 5.91 Å². The minimum atomic E-state index is -0.510. The standard InChI is InChI=1S/C17H13IN2O3/c1-23-14-4-2-3-13(9-14)20-17(22)12(10-19)7-11-5-6-16(21)15(18)8-11/h2-9,21H,1H3,(H,20,22)/b12-7+. The van der Waals surface area contributed by atoms with Crippen molar-refractivity contribution in [2.45, 2.75) is 0 Å². The van der Waals surface area contributed by atoms with Crippen molar-refractivity contribution in [3.63, 3.8) is 0 Å². The highest BCUT2D eigenvalue weighted by molar-refractivity contribution is 14.1. The highest BCUT2D eigenvalue weighted by Crippen LogP contribution is 2.22. The van der Waals surface area contributed by atoms with Crippen LogP contribution in [0, 0.1) is 14.9 Å². The summed E-state index contributed by atoms with van der Waals surface area (Å²) in [5, 5.41) is 21.4. The molecule has 2 aromatic carbocycles. The first-order valence-electron chi connectivity index (χ1n) is 6.59. The summed E-state index contributed by atoms with van der Waals surface area (Å²) in [7, 11) is 1.54. The van der Waals surface area contributed by atoms with E-state index in [0.29, 0.717) is 20.6 Å². The van der Waals surface area contributed by atoms with E-state index < -0.39 is 5.91 Å². The lowest BCUT2D eigenvalue weighted by Crippen LogP contribution is -2.13. The molecular weight excluding hydrogens is 407 g/mol. The maximum absolute atomic E-state index is 12.2. The number of phenolic OH excluding ortho intramolecular Hbond substituents is 1. The zero-order valence-electron chi connectivity index (χ0n) is 12.2.